The van der Waals surface area contributed by atoms with Crippen LogP contribution in [-0.2, 0) is 8.67 Å². The third kappa shape index (κ3) is 5.73. The van der Waals surface area contributed by atoms with Gasteiger partial charge in [0.05, 0.1) is 11.8 Å². The van der Waals surface area contributed by atoms with Crippen LogP contribution >= 0.6 is 69.6 Å². The Labute approximate surface area is 204 Å². The highest BCUT2D eigenvalue weighted by Crippen LogP contribution is 2.36. The molecule has 0 aromatic heterocycles. The Balaban J connectivity index is 1.95. The average Bonchev–Trinajstić information content (AvgIpc) is 2.75. The van der Waals surface area contributed by atoms with Gasteiger partial charge in [-0.1, -0.05) is 144 Å². The van der Waals surface area contributed by atoms with Gasteiger partial charge in [0.25, 0.3) is 0 Å². The molecule has 29 heavy (non-hydrogen) atoms. The normalized spacial score (nSPS) is 16.1. The van der Waals surface area contributed by atoms with Gasteiger partial charge in [-0.05, 0) is 11.1 Å². The van der Waals surface area contributed by atoms with Gasteiger partial charge in [0, 0.05) is 0 Å². The fourth-order valence-corrected chi connectivity index (χ4v) is 5.04. The first kappa shape index (κ1) is 23.9. The van der Waals surface area contributed by atoms with Crippen LogP contribution in [0.4, 0.5) is 0 Å². The van der Waals surface area contributed by atoms with E-state index in [-0.39, 0.29) is 11.8 Å². The van der Waals surface area contributed by atoms with Crippen LogP contribution in [0.2, 0.25) is 5.82 Å². The molecule has 7 heteroatoms. The summed E-state index contributed by atoms with van der Waals surface area (Å²) in [5.41, 5.74) is 4.14. The van der Waals surface area contributed by atoms with E-state index in [2.05, 4.69) is 24.3 Å². The van der Waals surface area contributed by atoms with E-state index in [0.717, 1.165) is 11.1 Å². The fraction of sp³-hybridized carbons (Fsp3) is 0.455. The molecular weight excluding hydrogens is 488 g/mol. The maximum Gasteiger partial charge on any atom is 0.212 e. The summed E-state index contributed by atoms with van der Waals surface area (Å²) >= 11 is 37.1. The Kier molecular flexibility index (Phi) is 8.44. The van der Waals surface area contributed by atoms with E-state index in [4.69, 9.17) is 69.6 Å². The topological polar surface area (TPSA) is 0 Å². The molecule has 0 spiro atoms. The summed E-state index contributed by atoms with van der Waals surface area (Å²) in [6.07, 6.45) is 6.31. The minimum absolute atomic E-state index is 0.141. The average molecular weight is 511 g/mol. The second kappa shape index (κ2) is 10.2. The number of benzene rings is 2. The van der Waals surface area contributed by atoms with Gasteiger partial charge >= 0.3 is 0 Å². The Bertz CT molecular complexity index is 722. The lowest BCUT2D eigenvalue weighted by Crippen LogP contribution is -2.46. The molecule has 0 N–H and O–H groups in total. The summed E-state index contributed by atoms with van der Waals surface area (Å²) < 4.78 is -2.15. The molecule has 3 rings (SSSR count). The Hall–Kier alpha value is 0.245. The van der Waals surface area contributed by atoms with Crippen molar-refractivity contribution in [1.82, 2.24) is 0 Å². The Morgan fingerprint density at radius 2 is 1.03 bits per heavy atom. The third-order valence-electron chi connectivity index (χ3n) is 5.84. The van der Waals surface area contributed by atoms with Crippen molar-refractivity contribution < 1.29 is 0 Å². The molecule has 1 fully saturated rings. The Morgan fingerprint density at radius 3 is 1.38 bits per heavy atom. The van der Waals surface area contributed by atoms with Gasteiger partial charge in [-0.15, -0.1) is 23.2 Å². The van der Waals surface area contributed by atoms with Crippen LogP contribution in [-0.4, -0.2) is 18.5 Å². The first-order valence-electron chi connectivity index (χ1n) is 9.87. The maximum absolute atomic E-state index is 6.32. The molecule has 1 aliphatic carbocycles. The predicted octanol–water partition coefficient (Wildman–Crippen LogP) is 7.37. The molecule has 0 saturated heterocycles. The molecule has 0 aliphatic heterocycles. The van der Waals surface area contributed by atoms with E-state index in [1.165, 1.54) is 43.0 Å². The number of alkyl halides is 6. The van der Waals surface area contributed by atoms with Crippen LogP contribution in [0.25, 0.3) is 0 Å². The largest absolute Gasteiger partial charge is 0.212 e. The summed E-state index contributed by atoms with van der Waals surface area (Å²) in [6.45, 7) is 0.297. The first-order chi connectivity index (χ1) is 13.8. The molecule has 2 aromatic carbocycles. The lowest BCUT2D eigenvalue weighted by molar-refractivity contribution is 0.499. The van der Waals surface area contributed by atoms with Gasteiger partial charge in [-0.25, -0.2) is 0 Å². The van der Waals surface area contributed by atoms with Crippen LogP contribution in [0.1, 0.15) is 43.2 Å². The van der Waals surface area contributed by atoms with Crippen LogP contribution in [0.3, 0.4) is 0 Å². The summed E-state index contributed by atoms with van der Waals surface area (Å²) in [7, 11) is 0. The van der Waals surface area contributed by atoms with E-state index in [1.807, 2.05) is 24.3 Å². The van der Waals surface area contributed by atoms with E-state index in [0.29, 0.717) is 12.5 Å². The standard InChI is InChI=1S/C22H23BCl6/c24-14-21(26,27)16-6-10-19(11-7-16)23(18-4-2-1-3-5-18)20-12-8-17(9-13-20)22(28,29)15-25/h6-13,18H,1-5,14-15H2. The molecular formula is C22H23BCl6. The van der Waals surface area contributed by atoms with Gasteiger partial charge in [0.2, 0.25) is 6.71 Å². The molecule has 156 valence electrons. The zero-order valence-corrected chi connectivity index (χ0v) is 20.5. The zero-order valence-electron chi connectivity index (χ0n) is 16.0. The number of halogens is 6. The van der Waals surface area contributed by atoms with Crippen molar-refractivity contribution in [2.75, 3.05) is 11.8 Å². The van der Waals surface area contributed by atoms with Crippen molar-refractivity contribution in [1.29, 1.82) is 0 Å². The number of hydrogen-bond donors (Lipinski definition) is 0. The quantitative estimate of drug-likeness (QED) is 0.269. The number of hydrogen-bond acceptors (Lipinski definition) is 0. The van der Waals surface area contributed by atoms with Crippen molar-refractivity contribution in [3.63, 3.8) is 0 Å². The van der Waals surface area contributed by atoms with Gasteiger partial charge in [0.1, 0.15) is 0 Å². The molecule has 0 unspecified atom stereocenters. The fourth-order valence-electron chi connectivity index (χ4n) is 4.23. The molecule has 0 bridgehead atoms. The minimum Gasteiger partial charge on any atom is -0.123 e. The van der Waals surface area contributed by atoms with Crippen molar-refractivity contribution in [3.05, 3.63) is 59.7 Å². The van der Waals surface area contributed by atoms with E-state index in [1.54, 1.807) is 0 Å². The number of rotatable bonds is 7. The minimum atomic E-state index is -1.08. The summed E-state index contributed by atoms with van der Waals surface area (Å²) in [4.78, 5) is 0. The van der Waals surface area contributed by atoms with Crippen molar-refractivity contribution in [2.24, 2.45) is 0 Å². The molecule has 1 aliphatic rings. The second-order valence-electron chi connectivity index (χ2n) is 7.80. The smallest absolute Gasteiger partial charge is 0.123 e. The highest BCUT2D eigenvalue weighted by atomic mass is 35.5. The molecule has 0 atom stereocenters. The molecule has 0 radical (unpaired) electrons. The highest BCUT2D eigenvalue weighted by Gasteiger charge is 2.32. The Morgan fingerprint density at radius 1 is 0.655 bits per heavy atom. The summed E-state index contributed by atoms with van der Waals surface area (Å²) in [6, 6.07) is 16.4. The van der Waals surface area contributed by atoms with E-state index < -0.39 is 8.67 Å². The summed E-state index contributed by atoms with van der Waals surface area (Å²) in [5.74, 6) is 0.875. The molecule has 0 heterocycles. The summed E-state index contributed by atoms with van der Waals surface area (Å²) in [5, 5.41) is 0. The van der Waals surface area contributed by atoms with Gasteiger partial charge in [0.15, 0.2) is 8.67 Å². The third-order valence-corrected chi connectivity index (χ3v) is 8.60. The van der Waals surface area contributed by atoms with E-state index >= 15 is 0 Å². The van der Waals surface area contributed by atoms with Crippen molar-refractivity contribution in [3.8, 4) is 0 Å². The van der Waals surface area contributed by atoms with E-state index in [9.17, 15) is 0 Å². The lowest BCUT2D eigenvalue weighted by Gasteiger charge is -2.29. The van der Waals surface area contributed by atoms with Gasteiger partial charge in [-0.2, -0.15) is 0 Å². The highest BCUT2D eigenvalue weighted by molar-refractivity contribution is 6.86. The molecule has 1 saturated carbocycles. The van der Waals surface area contributed by atoms with Crippen LogP contribution < -0.4 is 10.9 Å². The zero-order chi connectivity index (χ0) is 21.1. The monoisotopic (exact) mass is 508 g/mol. The van der Waals surface area contributed by atoms with Crippen LogP contribution in [0.5, 0.6) is 0 Å². The van der Waals surface area contributed by atoms with Gasteiger partial charge in [-0.3, -0.25) is 0 Å². The SMILES string of the molecule is ClCC(Cl)(Cl)c1ccc(B(c2ccc(C(Cl)(Cl)CCl)cc2)C2CCCCC2)cc1. The molecule has 2 aromatic rings. The lowest BCUT2D eigenvalue weighted by atomic mass is 9.32. The van der Waals surface area contributed by atoms with Crippen LogP contribution in [0.15, 0.2) is 48.5 Å². The van der Waals surface area contributed by atoms with Gasteiger partial charge < -0.3 is 0 Å². The second-order valence-corrected chi connectivity index (χ2v) is 11.3. The first-order valence-corrected chi connectivity index (χ1v) is 12.4. The van der Waals surface area contributed by atoms with Crippen molar-refractivity contribution >= 4 is 87.2 Å². The predicted molar refractivity (Wildman–Crippen MR) is 133 cm³/mol. The molecule has 0 amide bonds. The molecule has 0 nitrogen and oxygen atoms in total. The van der Waals surface area contributed by atoms with Crippen LogP contribution in [0, 0.1) is 0 Å². The van der Waals surface area contributed by atoms with Crippen molar-refractivity contribution in [2.45, 2.75) is 46.6 Å². The maximum atomic E-state index is 6.32.